The van der Waals surface area contributed by atoms with Gasteiger partial charge in [-0.05, 0) is 25.5 Å². The van der Waals surface area contributed by atoms with Crippen LogP contribution in [0, 0.1) is 0 Å². The third-order valence-electron chi connectivity index (χ3n) is 3.14. The molecule has 0 bridgehead atoms. The lowest BCUT2D eigenvalue weighted by molar-refractivity contribution is 0.0772. The van der Waals surface area contributed by atoms with E-state index in [0.717, 1.165) is 11.1 Å². The van der Waals surface area contributed by atoms with E-state index in [1.54, 1.807) is 17.3 Å². The fraction of sp³-hybridized carbons (Fsp3) is 0.250. The fourth-order valence-corrected chi connectivity index (χ4v) is 2.04. The van der Waals surface area contributed by atoms with Crippen molar-refractivity contribution in [3.8, 4) is 11.1 Å². The van der Waals surface area contributed by atoms with Crippen LogP contribution in [0.15, 0.2) is 48.8 Å². The maximum absolute atomic E-state index is 12.3. The third kappa shape index (κ3) is 3.58. The summed E-state index contributed by atoms with van der Waals surface area (Å²) in [6.07, 6.45) is 3.42. The van der Waals surface area contributed by atoms with E-state index in [0.29, 0.717) is 18.7 Å². The Bertz CT molecular complexity index is 553. The van der Waals surface area contributed by atoms with Crippen LogP contribution >= 0.6 is 12.4 Å². The number of rotatable bonds is 4. The van der Waals surface area contributed by atoms with Crippen molar-refractivity contribution in [2.45, 2.75) is 13.8 Å². The Morgan fingerprint density at radius 1 is 1.05 bits per heavy atom. The van der Waals surface area contributed by atoms with Crippen LogP contribution < -0.4 is 0 Å². The Morgan fingerprint density at radius 3 is 2.30 bits per heavy atom. The topological polar surface area (TPSA) is 33.2 Å². The van der Waals surface area contributed by atoms with Crippen molar-refractivity contribution in [2.24, 2.45) is 0 Å². The van der Waals surface area contributed by atoms with Crippen LogP contribution in [0.1, 0.15) is 24.2 Å². The first-order chi connectivity index (χ1) is 9.26. The van der Waals surface area contributed by atoms with Crippen molar-refractivity contribution in [3.63, 3.8) is 0 Å². The van der Waals surface area contributed by atoms with Gasteiger partial charge in [0.05, 0.1) is 5.56 Å². The molecule has 0 aliphatic heterocycles. The molecule has 0 fully saturated rings. The van der Waals surface area contributed by atoms with E-state index < -0.39 is 0 Å². The largest absolute Gasteiger partial charge is 0.339 e. The molecule has 0 saturated carbocycles. The lowest BCUT2D eigenvalue weighted by atomic mass is 10.1. The summed E-state index contributed by atoms with van der Waals surface area (Å²) < 4.78 is 0. The van der Waals surface area contributed by atoms with Crippen molar-refractivity contribution >= 4 is 18.3 Å². The van der Waals surface area contributed by atoms with Gasteiger partial charge < -0.3 is 4.90 Å². The predicted octanol–water partition coefficient (Wildman–Crippen LogP) is 3.65. The lowest BCUT2D eigenvalue weighted by Gasteiger charge is -2.18. The minimum atomic E-state index is 0. The van der Waals surface area contributed by atoms with Crippen molar-refractivity contribution in [1.29, 1.82) is 0 Å². The number of aromatic nitrogens is 1. The molecular weight excluding hydrogens is 272 g/mol. The zero-order valence-corrected chi connectivity index (χ0v) is 12.6. The standard InChI is InChI=1S/C16H18N2O.ClH/c1-3-18(4-2)16(19)15-10-14(11-17-12-15)13-8-6-5-7-9-13;/h5-12H,3-4H2,1-2H3;1H. The fourth-order valence-electron chi connectivity index (χ4n) is 2.04. The number of carbonyl (C=O) groups excluding carboxylic acids is 1. The van der Waals surface area contributed by atoms with Crippen LogP contribution in [0.3, 0.4) is 0 Å². The number of halogens is 1. The van der Waals surface area contributed by atoms with Gasteiger partial charge in [0.1, 0.15) is 0 Å². The van der Waals surface area contributed by atoms with Gasteiger partial charge in [-0.1, -0.05) is 30.3 Å². The lowest BCUT2D eigenvalue weighted by Crippen LogP contribution is -2.30. The van der Waals surface area contributed by atoms with Crippen LogP contribution in [0.4, 0.5) is 0 Å². The number of carbonyl (C=O) groups is 1. The Morgan fingerprint density at radius 2 is 1.70 bits per heavy atom. The van der Waals surface area contributed by atoms with E-state index in [9.17, 15) is 4.79 Å². The zero-order valence-electron chi connectivity index (χ0n) is 11.7. The molecule has 106 valence electrons. The second kappa shape index (κ2) is 7.65. The average Bonchev–Trinajstić information content (AvgIpc) is 2.49. The maximum atomic E-state index is 12.3. The summed E-state index contributed by atoms with van der Waals surface area (Å²) in [5.41, 5.74) is 2.69. The highest BCUT2D eigenvalue weighted by atomic mass is 35.5. The molecule has 0 radical (unpaired) electrons. The molecule has 3 nitrogen and oxygen atoms in total. The van der Waals surface area contributed by atoms with E-state index in [1.165, 1.54) is 0 Å². The molecule has 2 rings (SSSR count). The normalized spacial score (nSPS) is 9.70. The minimum Gasteiger partial charge on any atom is -0.339 e. The Kier molecular flexibility index (Phi) is 6.19. The van der Waals surface area contributed by atoms with Gasteiger partial charge in [-0.3, -0.25) is 9.78 Å². The summed E-state index contributed by atoms with van der Waals surface area (Å²) >= 11 is 0. The van der Waals surface area contributed by atoms with Crippen LogP contribution in [-0.4, -0.2) is 28.9 Å². The van der Waals surface area contributed by atoms with Crippen LogP contribution in [0.5, 0.6) is 0 Å². The van der Waals surface area contributed by atoms with Crippen molar-refractivity contribution in [1.82, 2.24) is 9.88 Å². The predicted molar refractivity (Wildman–Crippen MR) is 84.2 cm³/mol. The van der Waals surface area contributed by atoms with Crippen LogP contribution in [0.2, 0.25) is 0 Å². The number of pyridine rings is 1. The molecule has 0 saturated heterocycles. The number of hydrogen-bond donors (Lipinski definition) is 0. The Balaban J connectivity index is 0.00000200. The first-order valence-corrected chi connectivity index (χ1v) is 6.56. The minimum absolute atomic E-state index is 0. The third-order valence-corrected chi connectivity index (χ3v) is 3.14. The quantitative estimate of drug-likeness (QED) is 0.861. The Hall–Kier alpha value is -1.87. The van der Waals surface area contributed by atoms with Gasteiger partial charge >= 0.3 is 0 Å². The molecule has 1 heterocycles. The maximum Gasteiger partial charge on any atom is 0.255 e. The summed E-state index contributed by atoms with van der Waals surface area (Å²) in [6.45, 7) is 5.39. The van der Waals surface area contributed by atoms with Crippen molar-refractivity contribution in [2.75, 3.05) is 13.1 Å². The monoisotopic (exact) mass is 290 g/mol. The second-order valence-electron chi connectivity index (χ2n) is 4.31. The van der Waals surface area contributed by atoms with Gasteiger partial charge in [0.2, 0.25) is 0 Å². The van der Waals surface area contributed by atoms with Crippen molar-refractivity contribution < 1.29 is 4.79 Å². The van der Waals surface area contributed by atoms with E-state index >= 15 is 0 Å². The molecule has 2 aromatic rings. The van der Waals surface area contributed by atoms with E-state index in [4.69, 9.17) is 0 Å². The molecule has 0 aliphatic rings. The summed E-state index contributed by atoms with van der Waals surface area (Å²) in [6, 6.07) is 11.9. The van der Waals surface area contributed by atoms with E-state index in [-0.39, 0.29) is 18.3 Å². The molecule has 1 aromatic heterocycles. The number of benzene rings is 1. The highest BCUT2D eigenvalue weighted by Crippen LogP contribution is 2.19. The van der Waals surface area contributed by atoms with Crippen LogP contribution in [-0.2, 0) is 0 Å². The van der Waals surface area contributed by atoms with Crippen LogP contribution in [0.25, 0.3) is 11.1 Å². The van der Waals surface area contributed by atoms with Gasteiger partial charge in [0, 0.05) is 31.0 Å². The molecule has 0 atom stereocenters. The summed E-state index contributed by atoms with van der Waals surface area (Å²) in [4.78, 5) is 18.3. The van der Waals surface area contributed by atoms with Gasteiger partial charge in [0.25, 0.3) is 5.91 Å². The molecular formula is C16H19ClN2O. The van der Waals surface area contributed by atoms with E-state index in [2.05, 4.69) is 4.98 Å². The smallest absolute Gasteiger partial charge is 0.255 e. The molecule has 4 heteroatoms. The van der Waals surface area contributed by atoms with E-state index in [1.807, 2.05) is 50.2 Å². The second-order valence-corrected chi connectivity index (χ2v) is 4.31. The molecule has 0 aliphatic carbocycles. The summed E-state index contributed by atoms with van der Waals surface area (Å²) in [5, 5.41) is 0. The van der Waals surface area contributed by atoms with Crippen molar-refractivity contribution in [3.05, 3.63) is 54.4 Å². The molecule has 0 N–H and O–H groups in total. The first kappa shape index (κ1) is 16.2. The molecule has 20 heavy (non-hydrogen) atoms. The number of hydrogen-bond acceptors (Lipinski definition) is 2. The number of nitrogens with zero attached hydrogens (tertiary/aromatic N) is 2. The molecule has 0 spiro atoms. The van der Waals surface area contributed by atoms with Gasteiger partial charge in [-0.25, -0.2) is 0 Å². The Labute approximate surface area is 126 Å². The first-order valence-electron chi connectivity index (χ1n) is 6.56. The molecule has 0 unspecified atom stereocenters. The average molecular weight is 291 g/mol. The summed E-state index contributed by atoms with van der Waals surface area (Å²) in [7, 11) is 0. The SMILES string of the molecule is CCN(CC)C(=O)c1cncc(-c2ccccc2)c1.Cl. The van der Waals surface area contributed by atoms with Gasteiger partial charge in [-0.15, -0.1) is 12.4 Å². The van der Waals surface area contributed by atoms with Gasteiger partial charge in [-0.2, -0.15) is 0 Å². The number of amides is 1. The molecule has 1 amide bonds. The highest BCUT2D eigenvalue weighted by Gasteiger charge is 2.13. The van der Waals surface area contributed by atoms with Gasteiger partial charge in [0.15, 0.2) is 0 Å². The molecule has 1 aromatic carbocycles. The zero-order chi connectivity index (χ0) is 13.7. The summed E-state index contributed by atoms with van der Waals surface area (Å²) in [5.74, 6) is 0.0373. The highest BCUT2D eigenvalue weighted by molar-refractivity contribution is 5.95.